The largest absolute Gasteiger partial charge is 0.375 e. The molecule has 1 aliphatic rings. The van der Waals surface area contributed by atoms with E-state index >= 15 is 0 Å². The molecular formula is C14H14ClN3. The van der Waals surface area contributed by atoms with E-state index in [9.17, 15) is 0 Å². The molecule has 3 rings (SSSR count). The summed E-state index contributed by atoms with van der Waals surface area (Å²) in [7, 11) is 2.05. The molecular weight excluding hydrogens is 246 g/mol. The molecule has 92 valence electrons. The van der Waals surface area contributed by atoms with Crippen LogP contribution in [0.2, 0.25) is 5.02 Å². The van der Waals surface area contributed by atoms with Gasteiger partial charge in [-0.25, -0.2) is 4.68 Å². The lowest BCUT2D eigenvalue weighted by Gasteiger charge is -2.18. The number of aryl methyl sites for hydroxylation is 1. The molecule has 0 atom stereocenters. The Labute approximate surface area is 111 Å². The maximum Gasteiger partial charge on any atom is 0.0808 e. The summed E-state index contributed by atoms with van der Waals surface area (Å²) in [6.45, 7) is 2.94. The molecule has 3 nitrogen and oxygen atoms in total. The van der Waals surface area contributed by atoms with Crippen molar-refractivity contribution in [3.8, 4) is 0 Å². The molecule has 0 amide bonds. The number of aromatic nitrogens is 2. The first-order chi connectivity index (χ1) is 8.66. The zero-order chi connectivity index (χ0) is 12.7. The minimum atomic E-state index is 0.785. The molecule has 18 heavy (non-hydrogen) atoms. The third-order valence-corrected chi connectivity index (χ3v) is 3.66. The molecule has 0 unspecified atom stereocenters. The van der Waals surface area contributed by atoms with E-state index in [0.29, 0.717) is 0 Å². The molecule has 0 bridgehead atoms. The Bertz CT molecular complexity index is 667. The van der Waals surface area contributed by atoms with Crippen LogP contribution in [0.1, 0.15) is 5.56 Å². The Hall–Kier alpha value is -1.74. The van der Waals surface area contributed by atoms with Crippen molar-refractivity contribution in [1.29, 1.82) is 0 Å². The van der Waals surface area contributed by atoms with Crippen molar-refractivity contribution in [3.63, 3.8) is 0 Å². The van der Waals surface area contributed by atoms with E-state index in [4.69, 9.17) is 11.6 Å². The Balaban J connectivity index is 2.20. The minimum absolute atomic E-state index is 0.785. The van der Waals surface area contributed by atoms with Crippen LogP contribution < -0.4 is 0 Å². The van der Waals surface area contributed by atoms with E-state index in [2.05, 4.69) is 34.4 Å². The van der Waals surface area contributed by atoms with Gasteiger partial charge < -0.3 is 4.90 Å². The van der Waals surface area contributed by atoms with Gasteiger partial charge in [-0.3, -0.25) is 0 Å². The fraction of sp³-hybridized carbons (Fsp3) is 0.214. The number of nitrogens with zero attached hydrogens (tertiary/aromatic N) is 3. The standard InChI is InChI=1S/C14H14ClN3/c1-10-5-6-13-12(14(10)15)8-16-18(13)11-4-3-7-17(2)9-11/h3-6,8-9H,7H2,1-2H3. The highest BCUT2D eigenvalue weighted by molar-refractivity contribution is 6.36. The molecule has 4 heteroatoms. The second-order valence-corrected chi connectivity index (χ2v) is 4.96. The summed E-state index contributed by atoms with van der Waals surface area (Å²) in [5.41, 5.74) is 3.17. The van der Waals surface area contributed by atoms with Gasteiger partial charge in [-0.05, 0) is 24.6 Å². The zero-order valence-corrected chi connectivity index (χ0v) is 11.1. The van der Waals surface area contributed by atoms with Gasteiger partial charge in [0.1, 0.15) is 0 Å². The highest BCUT2D eigenvalue weighted by atomic mass is 35.5. The van der Waals surface area contributed by atoms with E-state index in [-0.39, 0.29) is 0 Å². The van der Waals surface area contributed by atoms with Crippen LogP contribution in [0.15, 0.2) is 36.7 Å². The first kappa shape index (κ1) is 11.4. The molecule has 1 aromatic carbocycles. The van der Waals surface area contributed by atoms with Gasteiger partial charge in [0, 0.05) is 25.2 Å². The number of halogens is 1. The van der Waals surface area contributed by atoms with Gasteiger partial charge in [-0.1, -0.05) is 23.7 Å². The molecule has 0 fully saturated rings. The molecule has 0 saturated heterocycles. The number of hydrogen-bond acceptors (Lipinski definition) is 2. The first-order valence-electron chi connectivity index (χ1n) is 5.88. The molecule has 1 aromatic heterocycles. The van der Waals surface area contributed by atoms with E-state index in [0.717, 1.165) is 33.7 Å². The van der Waals surface area contributed by atoms with Crippen molar-refractivity contribution >= 4 is 28.2 Å². The molecule has 0 saturated carbocycles. The monoisotopic (exact) mass is 259 g/mol. The average molecular weight is 260 g/mol. The van der Waals surface area contributed by atoms with Crippen molar-refractivity contribution in [3.05, 3.63) is 47.3 Å². The van der Waals surface area contributed by atoms with Crippen molar-refractivity contribution in [1.82, 2.24) is 14.7 Å². The Morgan fingerprint density at radius 3 is 2.94 bits per heavy atom. The lowest BCUT2D eigenvalue weighted by molar-refractivity contribution is 0.503. The summed E-state index contributed by atoms with van der Waals surface area (Å²) in [6, 6.07) is 4.09. The quantitative estimate of drug-likeness (QED) is 0.784. The van der Waals surface area contributed by atoms with E-state index in [1.807, 2.05) is 30.9 Å². The number of allylic oxidation sites excluding steroid dienone is 2. The number of rotatable bonds is 1. The molecule has 2 aromatic rings. The van der Waals surface area contributed by atoms with Crippen LogP contribution >= 0.6 is 11.6 Å². The van der Waals surface area contributed by atoms with Gasteiger partial charge in [-0.2, -0.15) is 5.10 Å². The molecule has 0 spiro atoms. The van der Waals surface area contributed by atoms with Crippen molar-refractivity contribution in [2.75, 3.05) is 13.6 Å². The number of benzene rings is 1. The number of likely N-dealkylation sites (N-methyl/N-ethyl adjacent to an activating group) is 1. The Morgan fingerprint density at radius 1 is 1.33 bits per heavy atom. The van der Waals surface area contributed by atoms with Crippen LogP contribution in [0.5, 0.6) is 0 Å². The maximum absolute atomic E-state index is 6.31. The van der Waals surface area contributed by atoms with Gasteiger partial charge in [0.25, 0.3) is 0 Å². The second kappa shape index (κ2) is 4.18. The SMILES string of the molecule is Cc1ccc2c(cnn2C2=CN(C)CC=C2)c1Cl. The number of fused-ring (bicyclic) bond motifs is 1. The summed E-state index contributed by atoms with van der Waals surface area (Å²) in [5.74, 6) is 0. The van der Waals surface area contributed by atoms with E-state index < -0.39 is 0 Å². The van der Waals surface area contributed by atoms with Crippen LogP contribution in [0.25, 0.3) is 16.6 Å². The van der Waals surface area contributed by atoms with Crippen LogP contribution in [0.4, 0.5) is 0 Å². The average Bonchev–Trinajstić information content (AvgIpc) is 2.78. The van der Waals surface area contributed by atoms with Gasteiger partial charge in [-0.15, -0.1) is 0 Å². The zero-order valence-electron chi connectivity index (χ0n) is 10.4. The highest BCUT2D eigenvalue weighted by Gasteiger charge is 2.11. The van der Waals surface area contributed by atoms with Crippen LogP contribution in [-0.2, 0) is 0 Å². The first-order valence-corrected chi connectivity index (χ1v) is 6.26. The lowest BCUT2D eigenvalue weighted by Crippen LogP contribution is -2.15. The molecule has 0 radical (unpaired) electrons. The predicted molar refractivity (Wildman–Crippen MR) is 75.5 cm³/mol. The molecule has 2 heterocycles. The molecule has 1 aliphatic heterocycles. The van der Waals surface area contributed by atoms with Crippen molar-refractivity contribution in [2.24, 2.45) is 0 Å². The van der Waals surface area contributed by atoms with E-state index in [1.165, 1.54) is 0 Å². The van der Waals surface area contributed by atoms with Crippen LogP contribution in [0, 0.1) is 6.92 Å². The van der Waals surface area contributed by atoms with Crippen LogP contribution in [-0.4, -0.2) is 28.3 Å². The predicted octanol–water partition coefficient (Wildman–Crippen LogP) is 3.30. The fourth-order valence-electron chi connectivity index (χ4n) is 2.17. The maximum atomic E-state index is 6.31. The molecule has 0 N–H and O–H groups in total. The lowest BCUT2D eigenvalue weighted by atomic mass is 10.2. The van der Waals surface area contributed by atoms with Gasteiger partial charge >= 0.3 is 0 Å². The Kier molecular flexibility index (Phi) is 2.63. The van der Waals surface area contributed by atoms with Crippen LogP contribution in [0.3, 0.4) is 0 Å². The number of hydrogen-bond donors (Lipinski definition) is 0. The topological polar surface area (TPSA) is 21.1 Å². The Morgan fingerprint density at radius 2 is 2.17 bits per heavy atom. The van der Waals surface area contributed by atoms with E-state index in [1.54, 1.807) is 0 Å². The summed E-state index contributed by atoms with van der Waals surface area (Å²) >= 11 is 6.31. The molecule has 0 aliphatic carbocycles. The highest BCUT2D eigenvalue weighted by Crippen LogP contribution is 2.28. The third kappa shape index (κ3) is 1.71. The third-order valence-electron chi connectivity index (χ3n) is 3.16. The van der Waals surface area contributed by atoms with Gasteiger partial charge in [0.15, 0.2) is 0 Å². The summed E-state index contributed by atoms with van der Waals surface area (Å²) in [5, 5.41) is 6.23. The normalized spacial score (nSPS) is 15.3. The van der Waals surface area contributed by atoms with Crippen molar-refractivity contribution < 1.29 is 0 Å². The summed E-state index contributed by atoms with van der Waals surface area (Å²) in [4.78, 5) is 2.12. The fourth-order valence-corrected chi connectivity index (χ4v) is 2.38. The minimum Gasteiger partial charge on any atom is -0.375 e. The van der Waals surface area contributed by atoms with Gasteiger partial charge in [0.05, 0.1) is 22.4 Å². The van der Waals surface area contributed by atoms with Crippen molar-refractivity contribution in [2.45, 2.75) is 6.92 Å². The van der Waals surface area contributed by atoms with Gasteiger partial charge in [0.2, 0.25) is 0 Å². The summed E-state index contributed by atoms with van der Waals surface area (Å²) < 4.78 is 1.92. The smallest absolute Gasteiger partial charge is 0.0808 e. The second-order valence-electron chi connectivity index (χ2n) is 4.58. The summed E-state index contributed by atoms with van der Waals surface area (Å²) in [6.07, 6.45) is 8.12.